The van der Waals surface area contributed by atoms with Gasteiger partial charge in [-0.25, -0.2) is 8.42 Å². The molecule has 3 rings (SSSR count). The maximum atomic E-state index is 12.7. The fraction of sp³-hybridized carbons (Fsp3) is 0.100. The van der Waals surface area contributed by atoms with Crippen molar-refractivity contribution < 1.29 is 8.42 Å². The van der Waals surface area contributed by atoms with Gasteiger partial charge in [-0.05, 0) is 42.0 Å². The Kier molecular flexibility index (Phi) is 5.46. The molecule has 0 atom stereocenters. The normalized spacial score (nSPS) is 11.2. The Bertz CT molecular complexity index is 909. The standard InChI is InChI=1S/C20H19NO2S2/c1-21(25(22,23)20-10-6-3-7-11-20)18-14-12-17(13-15-18)16-24-19-8-4-2-5-9-19/h2-15H,16H2,1H3. The predicted octanol–water partition coefficient (Wildman–Crippen LogP) is 4.80. The summed E-state index contributed by atoms with van der Waals surface area (Å²) < 4.78 is 26.6. The molecule has 3 aromatic carbocycles. The minimum absolute atomic E-state index is 0.293. The van der Waals surface area contributed by atoms with Crippen LogP contribution >= 0.6 is 11.8 Å². The third-order valence-corrected chi connectivity index (χ3v) is 6.73. The number of sulfonamides is 1. The van der Waals surface area contributed by atoms with Crippen LogP contribution in [0.3, 0.4) is 0 Å². The molecule has 128 valence electrons. The number of nitrogens with zero attached hydrogens (tertiary/aromatic N) is 1. The van der Waals surface area contributed by atoms with Gasteiger partial charge in [-0.1, -0.05) is 48.5 Å². The number of hydrogen-bond acceptors (Lipinski definition) is 3. The van der Waals surface area contributed by atoms with Gasteiger partial charge in [0.15, 0.2) is 0 Å². The zero-order chi connectivity index (χ0) is 17.7. The van der Waals surface area contributed by atoms with Gasteiger partial charge in [-0.2, -0.15) is 0 Å². The second-order valence-electron chi connectivity index (χ2n) is 5.55. The summed E-state index contributed by atoms with van der Waals surface area (Å²) >= 11 is 1.76. The smallest absolute Gasteiger partial charge is 0.264 e. The Morgan fingerprint density at radius 1 is 0.800 bits per heavy atom. The van der Waals surface area contributed by atoms with Crippen molar-refractivity contribution in [3.05, 3.63) is 90.5 Å². The first-order chi connectivity index (χ1) is 12.1. The van der Waals surface area contributed by atoms with E-state index in [9.17, 15) is 8.42 Å². The summed E-state index contributed by atoms with van der Waals surface area (Å²) in [7, 11) is -1.95. The van der Waals surface area contributed by atoms with Crippen LogP contribution in [0.25, 0.3) is 0 Å². The van der Waals surface area contributed by atoms with Crippen molar-refractivity contribution in [2.45, 2.75) is 15.5 Å². The average Bonchev–Trinajstić information content (AvgIpc) is 2.68. The fourth-order valence-corrected chi connectivity index (χ4v) is 4.47. The van der Waals surface area contributed by atoms with E-state index in [1.165, 1.54) is 9.20 Å². The highest BCUT2D eigenvalue weighted by molar-refractivity contribution is 7.98. The molecule has 0 heterocycles. The molecule has 3 aromatic rings. The van der Waals surface area contributed by atoms with Crippen molar-refractivity contribution in [2.75, 3.05) is 11.4 Å². The minimum Gasteiger partial charge on any atom is -0.269 e. The van der Waals surface area contributed by atoms with Crippen molar-refractivity contribution >= 4 is 27.5 Å². The molecule has 0 amide bonds. The summed E-state index contributed by atoms with van der Waals surface area (Å²) in [5.41, 5.74) is 1.81. The summed E-state index contributed by atoms with van der Waals surface area (Å²) in [6, 6.07) is 26.3. The van der Waals surface area contributed by atoms with Gasteiger partial charge in [-0.15, -0.1) is 11.8 Å². The molecule has 0 unspecified atom stereocenters. The van der Waals surface area contributed by atoms with E-state index in [-0.39, 0.29) is 0 Å². The Morgan fingerprint density at radius 2 is 1.36 bits per heavy atom. The van der Waals surface area contributed by atoms with Crippen molar-refractivity contribution in [3.8, 4) is 0 Å². The van der Waals surface area contributed by atoms with Crippen LogP contribution in [0.2, 0.25) is 0 Å². The van der Waals surface area contributed by atoms with Crippen LogP contribution in [0, 0.1) is 0 Å². The molecule has 0 saturated heterocycles. The minimum atomic E-state index is -3.53. The SMILES string of the molecule is CN(c1ccc(CSc2ccccc2)cc1)S(=O)(=O)c1ccccc1. The first-order valence-corrected chi connectivity index (χ1v) is 10.3. The lowest BCUT2D eigenvalue weighted by Gasteiger charge is -2.19. The van der Waals surface area contributed by atoms with Crippen molar-refractivity contribution in [1.82, 2.24) is 0 Å². The Balaban J connectivity index is 1.71. The summed E-state index contributed by atoms with van der Waals surface area (Å²) in [5, 5.41) is 0. The van der Waals surface area contributed by atoms with Crippen LogP contribution in [0.4, 0.5) is 5.69 Å². The van der Waals surface area contributed by atoms with Crippen LogP contribution in [-0.4, -0.2) is 15.5 Å². The maximum absolute atomic E-state index is 12.7. The second kappa shape index (κ2) is 7.76. The first-order valence-electron chi connectivity index (χ1n) is 7.88. The molecule has 5 heteroatoms. The lowest BCUT2D eigenvalue weighted by atomic mass is 10.2. The summed E-state index contributed by atoms with van der Waals surface area (Å²) in [5.74, 6) is 0.847. The second-order valence-corrected chi connectivity index (χ2v) is 8.57. The molecule has 3 nitrogen and oxygen atoms in total. The van der Waals surface area contributed by atoms with Crippen LogP contribution < -0.4 is 4.31 Å². The molecule has 0 aliphatic carbocycles. The number of anilines is 1. The summed E-state index contributed by atoms with van der Waals surface area (Å²) in [6.07, 6.45) is 0. The van der Waals surface area contributed by atoms with Gasteiger partial charge in [0.05, 0.1) is 10.6 Å². The van der Waals surface area contributed by atoms with E-state index < -0.39 is 10.0 Å². The molecule has 0 bridgehead atoms. The number of hydrogen-bond donors (Lipinski definition) is 0. The molecule has 0 aromatic heterocycles. The Morgan fingerprint density at radius 3 is 1.96 bits per heavy atom. The van der Waals surface area contributed by atoms with E-state index in [2.05, 4.69) is 12.1 Å². The van der Waals surface area contributed by atoms with E-state index >= 15 is 0 Å². The third-order valence-electron chi connectivity index (χ3n) is 3.85. The molecule has 0 aliphatic heterocycles. The van der Waals surface area contributed by atoms with Crippen LogP contribution in [-0.2, 0) is 15.8 Å². The highest BCUT2D eigenvalue weighted by atomic mass is 32.2. The number of thioether (sulfide) groups is 1. The van der Waals surface area contributed by atoms with Crippen molar-refractivity contribution in [2.24, 2.45) is 0 Å². The first kappa shape index (κ1) is 17.6. The Labute approximate surface area is 153 Å². The fourth-order valence-electron chi connectivity index (χ4n) is 2.37. The molecular weight excluding hydrogens is 350 g/mol. The van der Waals surface area contributed by atoms with Gasteiger partial charge in [0.25, 0.3) is 10.0 Å². The highest BCUT2D eigenvalue weighted by Crippen LogP contribution is 2.25. The highest BCUT2D eigenvalue weighted by Gasteiger charge is 2.20. The lowest BCUT2D eigenvalue weighted by molar-refractivity contribution is 0.594. The molecular formula is C20H19NO2S2. The molecule has 0 saturated carbocycles. The number of rotatable bonds is 6. The zero-order valence-electron chi connectivity index (χ0n) is 13.9. The molecule has 0 radical (unpaired) electrons. The molecule has 0 N–H and O–H groups in total. The van der Waals surface area contributed by atoms with Crippen LogP contribution in [0.1, 0.15) is 5.56 Å². The van der Waals surface area contributed by atoms with Crippen molar-refractivity contribution in [3.63, 3.8) is 0 Å². The summed E-state index contributed by atoms with van der Waals surface area (Å²) in [6.45, 7) is 0. The molecule has 25 heavy (non-hydrogen) atoms. The van der Waals surface area contributed by atoms with Gasteiger partial charge in [0, 0.05) is 17.7 Å². The third kappa shape index (κ3) is 4.24. The van der Waals surface area contributed by atoms with Gasteiger partial charge < -0.3 is 0 Å². The molecule has 0 fully saturated rings. The largest absolute Gasteiger partial charge is 0.269 e. The quantitative estimate of drug-likeness (QED) is 0.586. The molecule has 0 aliphatic rings. The Hall–Kier alpha value is -2.24. The number of benzene rings is 3. The van der Waals surface area contributed by atoms with Gasteiger partial charge in [-0.3, -0.25) is 4.31 Å². The van der Waals surface area contributed by atoms with Gasteiger partial charge in [0.1, 0.15) is 0 Å². The summed E-state index contributed by atoms with van der Waals surface area (Å²) in [4.78, 5) is 1.51. The van der Waals surface area contributed by atoms with Crippen molar-refractivity contribution in [1.29, 1.82) is 0 Å². The predicted molar refractivity (Wildman–Crippen MR) is 104 cm³/mol. The zero-order valence-corrected chi connectivity index (χ0v) is 15.5. The van der Waals surface area contributed by atoms with Gasteiger partial charge >= 0.3 is 0 Å². The maximum Gasteiger partial charge on any atom is 0.264 e. The lowest BCUT2D eigenvalue weighted by Crippen LogP contribution is -2.26. The van der Waals surface area contributed by atoms with Crippen LogP contribution in [0.5, 0.6) is 0 Å². The topological polar surface area (TPSA) is 37.4 Å². The van der Waals surface area contributed by atoms with Crippen LogP contribution in [0.15, 0.2) is 94.7 Å². The van der Waals surface area contributed by atoms with E-state index in [1.807, 2.05) is 42.5 Å². The van der Waals surface area contributed by atoms with E-state index in [0.717, 1.165) is 11.3 Å². The van der Waals surface area contributed by atoms with E-state index in [4.69, 9.17) is 0 Å². The molecule has 0 spiro atoms. The van der Waals surface area contributed by atoms with E-state index in [0.29, 0.717) is 10.6 Å². The monoisotopic (exact) mass is 369 g/mol. The average molecular weight is 370 g/mol. The van der Waals surface area contributed by atoms with E-state index in [1.54, 1.807) is 49.1 Å². The van der Waals surface area contributed by atoms with Gasteiger partial charge in [0.2, 0.25) is 0 Å².